The van der Waals surface area contributed by atoms with Gasteiger partial charge in [-0.3, -0.25) is 14.8 Å². The Labute approximate surface area is 206 Å². The predicted octanol–water partition coefficient (Wildman–Crippen LogP) is 4.50. The second-order valence-corrected chi connectivity index (χ2v) is 9.41. The lowest BCUT2D eigenvalue weighted by Crippen LogP contribution is -2.29. The third kappa shape index (κ3) is 5.84. The van der Waals surface area contributed by atoms with Crippen molar-refractivity contribution in [2.75, 3.05) is 19.6 Å². The second-order valence-electron chi connectivity index (χ2n) is 9.41. The van der Waals surface area contributed by atoms with Crippen molar-refractivity contribution in [2.24, 2.45) is 10.9 Å². The van der Waals surface area contributed by atoms with E-state index >= 15 is 0 Å². The van der Waals surface area contributed by atoms with Crippen LogP contribution in [0.25, 0.3) is 0 Å². The third-order valence-corrected chi connectivity index (χ3v) is 6.74. The van der Waals surface area contributed by atoms with Crippen LogP contribution in [0, 0.1) is 5.92 Å². The van der Waals surface area contributed by atoms with E-state index in [2.05, 4.69) is 52.0 Å². The lowest BCUT2D eigenvalue weighted by atomic mass is 9.97. The molecule has 5 rings (SSSR count). The number of ketones is 1. The number of aromatic nitrogens is 1. The van der Waals surface area contributed by atoms with Gasteiger partial charge in [-0.25, -0.2) is 0 Å². The van der Waals surface area contributed by atoms with E-state index in [-0.39, 0.29) is 18.3 Å². The minimum absolute atomic E-state index is 0.0716. The van der Waals surface area contributed by atoms with Crippen LogP contribution in [0.3, 0.4) is 0 Å². The van der Waals surface area contributed by atoms with Crippen LogP contribution in [-0.2, 0) is 13.0 Å². The zero-order valence-electron chi connectivity index (χ0n) is 20.2. The molecule has 1 fully saturated rings. The Morgan fingerprint density at radius 1 is 1.09 bits per heavy atom. The molecule has 0 amide bonds. The lowest BCUT2D eigenvalue weighted by molar-refractivity contribution is 0.0996. The van der Waals surface area contributed by atoms with E-state index in [1.165, 1.54) is 17.5 Å². The topological polar surface area (TPSA) is 75.6 Å². The summed E-state index contributed by atoms with van der Waals surface area (Å²) in [7, 11) is 0. The van der Waals surface area contributed by atoms with Crippen LogP contribution >= 0.6 is 0 Å². The number of benzene rings is 2. The van der Waals surface area contributed by atoms with Crippen LogP contribution < -0.4 is 15.4 Å². The molecule has 180 valence electrons. The average Bonchev–Trinajstić information content (AvgIpc) is 3.40. The standard InChI is InChI=1S/C29H32N4O2/c1-20(35-24-9-7-22(8-10-24)15-21-5-3-2-4-6-21)26-16-28(34)25-12-14-32-27(29(25)33-26)19-31-18-23-11-13-30-17-23/h2-10,12,14,20,23,30-31H,11,13,15-19H2,1H3/t20?,23-/m0/s1. The van der Waals surface area contributed by atoms with Crippen LogP contribution in [0.2, 0.25) is 0 Å². The molecule has 3 heterocycles. The van der Waals surface area contributed by atoms with Crippen molar-refractivity contribution in [3.63, 3.8) is 0 Å². The molecule has 1 aromatic heterocycles. The predicted molar refractivity (Wildman–Crippen MR) is 139 cm³/mol. The maximum Gasteiger partial charge on any atom is 0.170 e. The first-order chi connectivity index (χ1) is 17.2. The molecule has 2 aliphatic rings. The van der Waals surface area contributed by atoms with Gasteiger partial charge in [-0.1, -0.05) is 42.5 Å². The van der Waals surface area contributed by atoms with Crippen molar-refractivity contribution in [1.29, 1.82) is 0 Å². The van der Waals surface area contributed by atoms with Gasteiger partial charge < -0.3 is 15.4 Å². The molecule has 6 nitrogen and oxygen atoms in total. The molecule has 2 atom stereocenters. The second kappa shape index (κ2) is 10.9. The van der Waals surface area contributed by atoms with Gasteiger partial charge in [-0.15, -0.1) is 0 Å². The fourth-order valence-electron chi connectivity index (χ4n) is 4.73. The highest BCUT2D eigenvalue weighted by Gasteiger charge is 2.26. The summed E-state index contributed by atoms with van der Waals surface area (Å²) in [5, 5.41) is 6.89. The highest BCUT2D eigenvalue weighted by molar-refractivity contribution is 6.17. The normalized spacial score (nSPS) is 18.1. The van der Waals surface area contributed by atoms with Crippen molar-refractivity contribution in [1.82, 2.24) is 15.6 Å². The largest absolute Gasteiger partial charge is 0.485 e. The average molecular weight is 469 g/mol. The van der Waals surface area contributed by atoms with Gasteiger partial charge in [0.2, 0.25) is 0 Å². The van der Waals surface area contributed by atoms with E-state index in [0.717, 1.165) is 43.2 Å². The molecule has 1 saturated heterocycles. The van der Waals surface area contributed by atoms with Gasteiger partial charge in [-0.05, 0) is 74.6 Å². The Kier molecular flexibility index (Phi) is 7.31. The Morgan fingerprint density at radius 2 is 1.89 bits per heavy atom. The Bertz CT molecular complexity index is 1190. The number of nitrogens with zero attached hydrogens (tertiary/aromatic N) is 2. The number of carbonyl (C=O) groups excluding carboxylic acids is 1. The van der Waals surface area contributed by atoms with Crippen molar-refractivity contribution in [3.05, 3.63) is 89.2 Å². The summed E-state index contributed by atoms with van der Waals surface area (Å²) >= 11 is 0. The number of nitrogens with one attached hydrogen (secondary N) is 2. The van der Waals surface area contributed by atoms with Crippen molar-refractivity contribution >= 4 is 17.2 Å². The van der Waals surface area contributed by atoms with Gasteiger partial charge in [0.25, 0.3) is 0 Å². The summed E-state index contributed by atoms with van der Waals surface area (Å²) in [6.07, 6.45) is 3.75. The number of carbonyl (C=O) groups is 1. The molecule has 0 radical (unpaired) electrons. The fourth-order valence-corrected chi connectivity index (χ4v) is 4.73. The summed E-state index contributed by atoms with van der Waals surface area (Å²) in [4.78, 5) is 22.3. The Hall–Kier alpha value is -3.35. The number of rotatable bonds is 9. The van der Waals surface area contributed by atoms with Crippen LogP contribution in [0.4, 0.5) is 5.69 Å². The molecular weight excluding hydrogens is 436 g/mol. The van der Waals surface area contributed by atoms with Gasteiger partial charge in [0.05, 0.1) is 23.5 Å². The number of Topliss-reactive ketones (excluding diaryl/α,β-unsaturated/α-hetero) is 1. The lowest BCUT2D eigenvalue weighted by Gasteiger charge is -2.22. The Morgan fingerprint density at radius 3 is 2.66 bits per heavy atom. The van der Waals surface area contributed by atoms with Crippen LogP contribution in [0.1, 0.15) is 46.9 Å². The zero-order valence-corrected chi connectivity index (χ0v) is 20.2. The quantitative estimate of drug-likeness (QED) is 0.484. The maximum atomic E-state index is 12.9. The molecule has 6 heteroatoms. The van der Waals surface area contributed by atoms with Gasteiger partial charge >= 0.3 is 0 Å². The monoisotopic (exact) mass is 468 g/mol. The molecule has 0 spiro atoms. The summed E-state index contributed by atoms with van der Waals surface area (Å²) in [6.45, 7) is 5.62. The zero-order chi connectivity index (χ0) is 24.0. The summed E-state index contributed by atoms with van der Waals surface area (Å²) in [5.74, 6) is 1.48. The first kappa shape index (κ1) is 23.4. The number of aliphatic imine (C=N–C) groups is 1. The maximum absolute atomic E-state index is 12.9. The summed E-state index contributed by atoms with van der Waals surface area (Å²) < 4.78 is 6.18. The minimum atomic E-state index is -0.308. The molecule has 35 heavy (non-hydrogen) atoms. The van der Waals surface area contributed by atoms with Gasteiger partial charge in [0.1, 0.15) is 11.9 Å². The van der Waals surface area contributed by atoms with Gasteiger partial charge in [0, 0.05) is 18.3 Å². The smallest absolute Gasteiger partial charge is 0.170 e. The van der Waals surface area contributed by atoms with Gasteiger partial charge in [-0.2, -0.15) is 0 Å². The van der Waals surface area contributed by atoms with Crippen molar-refractivity contribution in [2.45, 2.75) is 38.8 Å². The number of ether oxygens (including phenoxy) is 1. The third-order valence-electron chi connectivity index (χ3n) is 6.74. The molecule has 0 aliphatic carbocycles. The summed E-state index contributed by atoms with van der Waals surface area (Å²) in [5.41, 5.74) is 5.40. The highest BCUT2D eigenvalue weighted by Crippen LogP contribution is 2.30. The molecule has 1 unspecified atom stereocenters. The molecule has 0 bridgehead atoms. The molecule has 3 aromatic rings. The van der Waals surface area contributed by atoms with E-state index in [1.54, 1.807) is 12.3 Å². The molecule has 2 aliphatic heterocycles. The van der Waals surface area contributed by atoms with Crippen LogP contribution in [-0.4, -0.2) is 42.2 Å². The Balaban J connectivity index is 1.25. The first-order valence-corrected chi connectivity index (χ1v) is 12.4. The number of hydrogen-bond acceptors (Lipinski definition) is 6. The molecule has 0 saturated carbocycles. The minimum Gasteiger partial charge on any atom is -0.485 e. The number of pyridine rings is 1. The molecule has 2 N–H and O–H groups in total. The highest BCUT2D eigenvalue weighted by atomic mass is 16.5. The molecule has 2 aromatic carbocycles. The van der Waals surface area contributed by atoms with Crippen LogP contribution in [0.5, 0.6) is 5.75 Å². The number of hydrogen-bond donors (Lipinski definition) is 2. The van der Waals surface area contributed by atoms with Crippen molar-refractivity contribution in [3.8, 4) is 5.75 Å². The van der Waals surface area contributed by atoms with Gasteiger partial charge in [0.15, 0.2) is 5.78 Å². The number of fused-ring (bicyclic) bond motifs is 1. The van der Waals surface area contributed by atoms with Crippen molar-refractivity contribution < 1.29 is 9.53 Å². The first-order valence-electron chi connectivity index (χ1n) is 12.4. The SMILES string of the molecule is CC(Oc1ccc(Cc2ccccc2)cc1)C1=Nc2c(ccnc2CNC[C@H]2CCNC2)C(=O)C1. The summed E-state index contributed by atoms with van der Waals surface area (Å²) in [6, 6.07) is 20.3. The van der Waals surface area contributed by atoms with E-state index < -0.39 is 0 Å². The molecular formula is C29H32N4O2. The van der Waals surface area contributed by atoms with E-state index in [9.17, 15) is 4.79 Å². The van der Waals surface area contributed by atoms with E-state index in [1.807, 2.05) is 25.1 Å². The fraction of sp³-hybridized carbons (Fsp3) is 0.345. The van der Waals surface area contributed by atoms with E-state index in [4.69, 9.17) is 9.73 Å². The van der Waals surface area contributed by atoms with E-state index in [0.29, 0.717) is 23.7 Å². The van der Waals surface area contributed by atoms with Crippen LogP contribution in [0.15, 0.2) is 71.9 Å².